The number of nitrogens with one attached hydrogen (secondary N) is 3. The maximum absolute atomic E-state index is 12.7. The first-order valence-electron chi connectivity index (χ1n) is 9.72. The summed E-state index contributed by atoms with van der Waals surface area (Å²) in [4.78, 5) is 40.9. The van der Waals surface area contributed by atoms with Crippen LogP contribution in [0.1, 0.15) is 39.5 Å². The molecule has 0 spiro atoms. The number of amides is 2. The highest BCUT2D eigenvalue weighted by molar-refractivity contribution is 5.97. The molecule has 0 aliphatic rings. The van der Waals surface area contributed by atoms with Crippen molar-refractivity contribution in [1.29, 1.82) is 0 Å². The Morgan fingerprint density at radius 2 is 1.78 bits per heavy atom. The van der Waals surface area contributed by atoms with Crippen molar-refractivity contribution in [3.63, 3.8) is 0 Å². The Kier molecular flexibility index (Phi) is 8.36. The van der Waals surface area contributed by atoms with Gasteiger partial charge >= 0.3 is 12.1 Å². The van der Waals surface area contributed by atoms with Crippen LogP contribution < -0.4 is 16.1 Å². The quantitative estimate of drug-likeness (QED) is 0.537. The molecule has 0 saturated heterocycles. The van der Waals surface area contributed by atoms with Crippen LogP contribution in [0.3, 0.4) is 0 Å². The van der Waals surface area contributed by atoms with Crippen molar-refractivity contribution in [2.75, 3.05) is 6.54 Å². The van der Waals surface area contributed by atoms with E-state index in [2.05, 4.69) is 16.1 Å². The molecule has 2 aromatic rings. The lowest BCUT2D eigenvalue weighted by Gasteiger charge is -2.14. The predicted octanol–water partition coefficient (Wildman–Crippen LogP) is 2.80. The van der Waals surface area contributed by atoms with E-state index in [1.54, 1.807) is 0 Å². The van der Waals surface area contributed by atoms with Crippen LogP contribution in [-0.2, 0) is 27.1 Å². The monoisotopic (exact) mass is 451 g/mol. The highest BCUT2D eigenvalue weighted by atomic mass is 19.4. The van der Waals surface area contributed by atoms with Crippen LogP contribution in [0.15, 0.2) is 42.5 Å². The van der Waals surface area contributed by atoms with Gasteiger partial charge < -0.3 is 15.5 Å². The van der Waals surface area contributed by atoms with Crippen molar-refractivity contribution < 1.29 is 32.4 Å². The average molecular weight is 451 g/mol. The van der Waals surface area contributed by atoms with Crippen molar-refractivity contribution >= 4 is 17.8 Å². The third-order valence-corrected chi connectivity index (χ3v) is 4.53. The topological polar surface area (TPSA) is 96.5 Å². The Morgan fingerprint density at radius 3 is 2.44 bits per heavy atom. The molecule has 2 amide bonds. The fraction of sp³-hybridized carbons (Fsp3) is 0.318. The van der Waals surface area contributed by atoms with Crippen LogP contribution in [0.4, 0.5) is 13.2 Å². The maximum atomic E-state index is 12.7. The Bertz CT molecular complexity index is 993. The lowest BCUT2D eigenvalue weighted by Crippen LogP contribution is -2.45. The lowest BCUT2D eigenvalue weighted by atomic mass is 10.1. The molecule has 2 aromatic carbocycles. The minimum absolute atomic E-state index is 0.240. The fourth-order valence-corrected chi connectivity index (χ4v) is 2.77. The molecular formula is C22H24F3N3O4. The van der Waals surface area contributed by atoms with E-state index in [4.69, 9.17) is 4.84 Å². The molecule has 10 heteroatoms. The van der Waals surface area contributed by atoms with Gasteiger partial charge in [-0.15, -0.1) is 5.48 Å². The molecule has 0 aliphatic carbocycles. The molecule has 32 heavy (non-hydrogen) atoms. The molecule has 1 atom stereocenters. The van der Waals surface area contributed by atoms with E-state index in [0.29, 0.717) is 6.07 Å². The summed E-state index contributed by atoms with van der Waals surface area (Å²) in [6, 6.07) is 8.64. The van der Waals surface area contributed by atoms with Crippen molar-refractivity contribution in [1.82, 2.24) is 16.1 Å². The summed E-state index contributed by atoms with van der Waals surface area (Å²) in [7, 11) is 0. The molecule has 2 rings (SSSR count). The largest absolute Gasteiger partial charge is 0.416 e. The van der Waals surface area contributed by atoms with E-state index in [0.717, 1.165) is 28.8 Å². The van der Waals surface area contributed by atoms with Crippen LogP contribution in [0, 0.1) is 13.8 Å². The summed E-state index contributed by atoms with van der Waals surface area (Å²) in [5, 5.41) is 4.55. The lowest BCUT2D eigenvalue weighted by molar-refractivity contribution is -0.154. The standard InChI is InChI=1S/C22H24F3N3O4/c1-13-7-8-17(14(2)9-13)11-27-32-21(31)15(3)28-19(29)12-26-20(30)16-5-4-6-18(10-16)22(23,24)25/h4-10,15,27H,11-12H2,1-3H3,(H,26,30)(H,28,29). The van der Waals surface area contributed by atoms with Gasteiger partial charge in [0.2, 0.25) is 5.91 Å². The number of carbonyl (C=O) groups excluding carboxylic acids is 3. The zero-order valence-corrected chi connectivity index (χ0v) is 17.8. The molecule has 1 unspecified atom stereocenters. The van der Waals surface area contributed by atoms with E-state index >= 15 is 0 Å². The number of carbonyl (C=O) groups is 3. The second kappa shape index (κ2) is 10.8. The van der Waals surface area contributed by atoms with Gasteiger partial charge in [0.05, 0.1) is 18.7 Å². The van der Waals surface area contributed by atoms with Crippen LogP contribution in [0.25, 0.3) is 0 Å². The Hall–Kier alpha value is -3.40. The average Bonchev–Trinajstić information content (AvgIpc) is 2.72. The third-order valence-electron chi connectivity index (χ3n) is 4.53. The number of halogens is 3. The molecule has 0 fully saturated rings. The van der Waals surface area contributed by atoms with Crippen LogP contribution in [0.5, 0.6) is 0 Å². The number of hydroxylamine groups is 1. The molecule has 0 bridgehead atoms. The second-order valence-corrected chi connectivity index (χ2v) is 7.22. The van der Waals surface area contributed by atoms with Gasteiger partial charge in [0.1, 0.15) is 6.04 Å². The summed E-state index contributed by atoms with van der Waals surface area (Å²) in [6.45, 7) is 5.06. The van der Waals surface area contributed by atoms with Gasteiger partial charge in [-0.05, 0) is 50.1 Å². The molecule has 0 radical (unpaired) electrons. The number of rotatable bonds is 8. The maximum Gasteiger partial charge on any atom is 0.416 e. The van der Waals surface area contributed by atoms with Crippen molar-refractivity contribution in [3.8, 4) is 0 Å². The van der Waals surface area contributed by atoms with E-state index < -0.39 is 42.1 Å². The summed E-state index contributed by atoms with van der Waals surface area (Å²) in [5.74, 6) is -2.30. The highest BCUT2D eigenvalue weighted by Gasteiger charge is 2.31. The summed E-state index contributed by atoms with van der Waals surface area (Å²) >= 11 is 0. The van der Waals surface area contributed by atoms with Crippen molar-refractivity contribution in [2.24, 2.45) is 0 Å². The Morgan fingerprint density at radius 1 is 1.06 bits per heavy atom. The van der Waals surface area contributed by atoms with E-state index in [1.807, 2.05) is 32.0 Å². The van der Waals surface area contributed by atoms with Crippen LogP contribution >= 0.6 is 0 Å². The molecule has 7 nitrogen and oxygen atoms in total. The highest BCUT2D eigenvalue weighted by Crippen LogP contribution is 2.29. The first kappa shape index (κ1) is 24.9. The van der Waals surface area contributed by atoms with E-state index in [9.17, 15) is 27.6 Å². The molecular weight excluding hydrogens is 427 g/mol. The Labute approximate surface area is 183 Å². The SMILES string of the molecule is Cc1ccc(CNOC(=O)C(C)NC(=O)CNC(=O)c2cccc(C(F)(F)F)c2)c(C)c1. The number of aryl methyl sites for hydroxylation is 2. The first-order valence-corrected chi connectivity index (χ1v) is 9.72. The van der Waals surface area contributed by atoms with Gasteiger partial charge in [0, 0.05) is 5.56 Å². The van der Waals surface area contributed by atoms with Gasteiger partial charge in [0.15, 0.2) is 0 Å². The molecule has 172 valence electrons. The van der Waals surface area contributed by atoms with Crippen molar-refractivity contribution in [2.45, 2.75) is 39.5 Å². The number of alkyl halides is 3. The molecule has 0 heterocycles. The summed E-state index contributed by atoms with van der Waals surface area (Å²) in [5.41, 5.74) is 4.42. The number of hydrogen-bond acceptors (Lipinski definition) is 5. The minimum Gasteiger partial charge on any atom is -0.369 e. The van der Waals surface area contributed by atoms with Gasteiger partial charge in [-0.2, -0.15) is 13.2 Å². The van der Waals surface area contributed by atoms with Gasteiger partial charge in [-0.3, -0.25) is 9.59 Å². The Balaban J connectivity index is 1.77. The van der Waals surface area contributed by atoms with Gasteiger partial charge in [0.25, 0.3) is 5.91 Å². The summed E-state index contributed by atoms with van der Waals surface area (Å²) < 4.78 is 38.2. The van der Waals surface area contributed by atoms with E-state index in [-0.39, 0.29) is 12.1 Å². The molecule has 0 saturated carbocycles. The van der Waals surface area contributed by atoms with Crippen molar-refractivity contribution in [3.05, 3.63) is 70.3 Å². The second-order valence-electron chi connectivity index (χ2n) is 7.22. The smallest absolute Gasteiger partial charge is 0.369 e. The third kappa shape index (κ3) is 7.38. The zero-order valence-electron chi connectivity index (χ0n) is 17.8. The number of benzene rings is 2. The normalized spacial score (nSPS) is 12.1. The number of hydrogen-bond donors (Lipinski definition) is 3. The van der Waals surface area contributed by atoms with Gasteiger partial charge in [-0.25, -0.2) is 4.79 Å². The van der Waals surface area contributed by atoms with Gasteiger partial charge in [-0.1, -0.05) is 29.8 Å². The minimum atomic E-state index is -4.59. The summed E-state index contributed by atoms with van der Waals surface area (Å²) in [6.07, 6.45) is -4.59. The molecule has 0 aliphatic heterocycles. The zero-order chi connectivity index (χ0) is 23.9. The van der Waals surface area contributed by atoms with Crippen LogP contribution in [0.2, 0.25) is 0 Å². The molecule has 0 aromatic heterocycles. The first-order chi connectivity index (χ1) is 15.0. The fourth-order valence-electron chi connectivity index (χ4n) is 2.77. The molecule has 3 N–H and O–H groups in total. The van der Waals surface area contributed by atoms with Crippen LogP contribution in [-0.4, -0.2) is 30.4 Å². The predicted molar refractivity (Wildman–Crippen MR) is 110 cm³/mol. The van der Waals surface area contributed by atoms with E-state index in [1.165, 1.54) is 13.0 Å².